The van der Waals surface area contributed by atoms with Crippen LogP contribution in [0.4, 0.5) is 0 Å². The van der Waals surface area contributed by atoms with Crippen molar-refractivity contribution < 1.29 is 4.90 Å². The number of aromatic amines is 1. The summed E-state index contributed by atoms with van der Waals surface area (Å²) in [4.78, 5) is 21.3. The van der Waals surface area contributed by atoms with Crippen LogP contribution in [0.25, 0.3) is 11.0 Å². The van der Waals surface area contributed by atoms with Crippen LogP contribution < -0.4 is 10.5 Å². The summed E-state index contributed by atoms with van der Waals surface area (Å²) in [6.07, 6.45) is 5.55. The van der Waals surface area contributed by atoms with Gasteiger partial charge in [-0.2, -0.15) is 0 Å². The summed E-state index contributed by atoms with van der Waals surface area (Å²) in [5, 5.41) is 0.604. The molecule has 0 aromatic carbocycles. The van der Waals surface area contributed by atoms with Gasteiger partial charge in [0.25, 0.3) is 5.56 Å². The third-order valence-electron chi connectivity index (χ3n) is 4.49. The number of piperidine rings is 1. The van der Waals surface area contributed by atoms with Gasteiger partial charge in [0.2, 0.25) is 0 Å². The van der Waals surface area contributed by atoms with Gasteiger partial charge in [-0.05, 0) is 50.5 Å². The minimum atomic E-state index is -0.0362. The highest BCUT2D eigenvalue weighted by molar-refractivity contribution is 7.71. The van der Waals surface area contributed by atoms with Crippen LogP contribution in [-0.2, 0) is 6.54 Å². The normalized spacial score (nSPS) is 22.5. The van der Waals surface area contributed by atoms with Crippen LogP contribution in [0, 0.1) is 4.77 Å². The Balaban J connectivity index is 1.87. The minimum Gasteiger partial charge on any atom is -0.331 e. The van der Waals surface area contributed by atoms with Crippen molar-refractivity contribution in [3.63, 3.8) is 0 Å². The van der Waals surface area contributed by atoms with E-state index in [9.17, 15) is 4.79 Å². The highest BCUT2D eigenvalue weighted by atomic mass is 32.1. The van der Waals surface area contributed by atoms with Gasteiger partial charge in [-0.25, -0.2) is 4.98 Å². The number of aromatic nitrogens is 3. The third-order valence-corrected chi connectivity index (χ3v) is 4.81. The Bertz CT molecular complexity index is 751. The Morgan fingerprint density at radius 3 is 3.19 bits per heavy atom. The fourth-order valence-corrected chi connectivity index (χ4v) is 3.44. The summed E-state index contributed by atoms with van der Waals surface area (Å²) in [5.74, 6) is 0. The van der Waals surface area contributed by atoms with Gasteiger partial charge in [-0.15, -0.1) is 0 Å². The maximum atomic E-state index is 12.5. The second-order valence-corrected chi connectivity index (χ2v) is 6.23. The summed E-state index contributed by atoms with van der Waals surface area (Å²) < 4.78 is 2.14. The van der Waals surface area contributed by atoms with Crippen molar-refractivity contribution in [3.8, 4) is 0 Å². The molecule has 5 nitrogen and oxygen atoms in total. The molecule has 1 aliphatic heterocycles. The standard InChI is InChI=1S/C15H20N4OS/c1-11-5-2-3-8-18(11)9-10-19-14(20)12-6-4-7-16-13(12)17-15(19)21/h4,6-7,11H,2-3,5,8-10H2,1H3,(H,16,17,21)/p+1. The van der Waals surface area contributed by atoms with Gasteiger partial charge in [0.15, 0.2) is 4.77 Å². The average Bonchev–Trinajstić information content (AvgIpc) is 2.49. The Kier molecular flexibility index (Phi) is 4.17. The second kappa shape index (κ2) is 6.07. The molecule has 0 bridgehead atoms. The number of fused-ring (bicyclic) bond motifs is 1. The summed E-state index contributed by atoms with van der Waals surface area (Å²) in [5.41, 5.74) is 0.536. The number of rotatable bonds is 3. The molecule has 0 aliphatic carbocycles. The molecular weight excluding hydrogens is 284 g/mol. The zero-order valence-electron chi connectivity index (χ0n) is 12.3. The van der Waals surface area contributed by atoms with Crippen LogP contribution in [0.5, 0.6) is 0 Å². The second-order valence-electron chi connectivity index (χ2n) is 5.84. The smallest absolute Gasteiger partial charge is 0.264 e. The molecule has 1 saturated heterocycles. The monoisotopic (exact) mass is 305 g/mol. The SMILES string of the molecule is CC1CCCC[NH+]1CCn1c(=S)[nH]c2ncccc2c1=O. The van der Waals surface area contributed by atoms with Crippen LogP contribution in [0.3, 0.4) is 0 Å². The van der Waals surface area contributed by atoms with Crippen molar-refractivity contribution in [3.05, 3.63) is 33.5 Å². The number of pyridine rings is 1. The lowest BCUT2D eigenvalue weighted by Crippen LogP contribution is -3.16. The fraction of sp³-hybridized carbons (Fsp3) is 0.533. The van der Waals surface area contributed by atoms with Crippen LogP contribution >= 0.6 is 12.2 Å². The maximum Gasteiger partial charge on any atom is 0.264 e. The number of hydrogen-bond acceptors (Lipinski definition) is 3. The molecule has 6 heteroatoms. The van der Waals surface area contributed by atoms with Gasteiger partial charge < -0.3 is 9.88 Å². The predicted octanol–water partition coefficient (Wildman–Crippen LogP) is 0.911. The van der Waals surface area contributed by atoms with Gasteiger partial charge in [0.05, 0.1) is 31.1 Å². The van der Waals surface area contributed by atoms with Crippen molar-refractivity contribution in [2.75, 3.05) is 13.1 Å². The first-order valence-corrected chi connectivity index (χ1v) is 8.00. The number of quaternary nitrogens is 1. The largest absolute Gasteiger partial charge is 0.331 e. The van der Waals surface area contributed by atoms with E-state index in [1.54, 1.807) is 27.8 Å². The van der Waals surface area contributed by atoms with Crippen LogP contribution in [-0.4, -0.2) is 33.7 Å². The zero-order valence-corrected chi connectivity index (χ0v) is 13.1. The number of hydrogen-bond donors (Lipinski definition) is 2. The van der Waals surface area contributed by atoms with E-state index in [-0.39, 0.29) is 5.56 Å². The average molecular weight is 305 g/mol. The Labute approximate surface area is 128 Å². The molecule has 2 atom stereocenters. The molecule has 0 saturated carbocycles. The first-order valence-electron chi connectivity index (χ1n) is 7.59. The first-order chi connectivity index (χ1) is 10.2. The van der Waals surface area contributed by atoms with Crippen molar-refractivity contribution in [1.29, 1.82) is 0 Å². The van der Waals surface area contributed by atoms with E-state index in [0.717, 1.165) is 6.54 Å². The Morgan fingerprint density at radius 1 is 1.52 bits per heavy atom. The highest BCUT2D eigenvalue weighted by Gasteiger charge is 2.21. The van der Waals surface area contributed by atoms with Gasteiger partial charge in [0.1, 0.15) is 5.65 Å². The third kappa shape index (κ3) is 2.91. The topological polar surface area (TPSA) is 55.1 Å². The molecule has 0 amide bonds. The number of likely N-dealkylation sites (tertiary alicyclic amines) is 1. The molecule has 0 spiro atoms. The molecule has 1 aliphatic rings. The van der Waals surface area contributed by atoms with Crippen LogP contribution in [0.1, 0.15) is 26.2 Å². The summed E-state index contributed by atoms with van der Waals surface area (Å²) in [6.45, 7) is 5.10. The van der Waals surface area contributed by atoms with Crippen molar-refractivity contribution in [1.82, 2.24) is 14.5 Å². The quantitative estimate of drug-likeness (QED) is 0.829. The van der Waals surface area contributed by atoms with E-state index < -0.39 is 0 Å². The summed E-state index contributed by atoms with van der Waals surface area (Å²) >= 11 is 5.32. The van der Waals surface area contributed by atoms with E-state index in [2.05, 4.69) is 16.9 Å². The van der Waals surface area contributed by atoms with E-state index in [0.29, 0.717) is 28.4 Å². The maximum absolute atomic E-state index is 12.5. The molecule has 0 radical (unpaired) electrons. The number of nitrogens with zero attached hydrogens (tertiary/aromatic N) is 2. The molecule has 112 valence electrons. The molecular formula is C15H21N4OS+. The fourth-order valence-electron chi connectivity index (χ4n) is 3.17. The molecule has 2 unspecified atom stereocenters. The first kappa shape index (κ1) is 14.4. The molecule has 3 heterocycles. The van der Waals surface area contributed by atoms with Crippen molar-refractivity contribution >= 4 is 23.3 Å². The van der Waals surface area contributed by atoms with Crippen LogP contribution in [0.2, 0.25) is 0 Å². The molecule has 2 N–H and O–H groups in total. The highest BCUT2D eigenvalue weighted by Crippen LogP contribution is 2.03. The predicted molar refractivity (Wildman–Crippen MR) is 85.2 cm³/mol. The molecule has 2 aromatic heterocycles. The van der Waals surface area contributed by atoms with Gasteiger partial charge >= 0.3 is 0 Å². The molecule has 2 aromatic rings. The van der Waals surface area contributed by atoms with Crippen molar-refractivity contribution in [2.24, 2.45) is 0 Å². The lowest BCUT2D eigenvalue weighted by Gasteiger charge is -2.30. The van der Waals surface area contributed by atoms with Gasteiger partial charge in [-0.1, -0.05) is 0 Å². The summed E-state index contributed by atoms with van der Waals surface area (Å²) in [6, 6.07) is 4.25. The van der Waals surface area contributed by atoms with E-state index in [1.165, 1.54) is 25.8 Å². The van der Waals surface area contributed by atoms with E-state index in [1.807, 2.05) is 0 Å². The number of nitrogens with one attached hydrogen (secondary N) is 2. The zero-order chi connectivity index (χ0) is 14.8. The number of H-pyrrole nitrogens is 1. The molecule has 1 fully saturated rings. The summed E-state index contributed by atoms with van der Waals surface area (Å²) in [7, 11) is 0. The van der Waals surface area contributed by atoms with Crippen molar-refractivity contribution in [2.45, 2.75) is 38.8 Å². The minimum absolute atomic E-state index is 0.0362. The lowest BCUT2D eigenvalue weighted by atomic mass is 10.0. The van der Waals surface area contributed by atoms with Gasteiger partial charge in [0, 0.05) is 6.20 Å². The van der Waals surface area contributed by atoms with Gasteiger partial charge in [-0.3, -0.25) is 9.36 Å². The van der Waals surface area contributed by atoms with E-state index in [4.69, 9.17) is 12.2 Å². The lowest BCUT2D eigenvalue weighted by molar-refractivity contribution is -0.929. The molecule has 3 rings (SSSR count). The Hall–Kier alpha value is -1.53. The van der Waals surface area contributed by atoms with E-state index >= 15 is 0 Å². The van der Waals surface area contributed by atoms with Crippen LogP contribution in [0.15, 0.2) is 23.1 Å². The molecule has 21 heavy (non-hydrogen) atoms. The Morgan fingerprint density at radius 2 is 2.38 bits per heavy atom.